The molecule has 0 bridgehead atoms. The largest absolute Gasteiger partial charge is 0.480 e. The Labute approximate surface area is 138 Å². The zero-order valence-electron chi connectivity index (χ0n) is 13.0. The lowest BCUT2D eigenvalue weighted by Crippen LogP contribution is -2.42. The van der Waals surface area contributed by atoms with Gasteiger partial charge >= 0.3 is 5.97 Å². The Kier molecular flexibility index (Phi) is 6.36. The maximum Gasteiger partial charge on any atom is 0.324 e. The predicted octanol–water partition coefficient (Wildman–Crippen LogP) is 0.264. The summed E-state index contributed by atoms with van der Waals surface area (Å²) in [6.45, 7) is 1.66. The van der Waals surface area contributed by atoms with E-state index in [-0.39, 0.29) is 6.54 Å². The third-order valence-electron chi connectivity index (χ3n) is 3.89. The Bertz CT molecular complexity index is 518. The van der Waals surface area contributed by atoms with Gasteiger partial charge < -0.3 is 20.5 Å². The molecule has 0 radical (unpaired) electrons. The standard InChI is InChI=1S/C13H23N5O4S/c1-8(19)10(11(20)21)18-23-15-7-9-16-12(17-22-9)13(14)5-3-2-4-6-13/h8,10,15,18-19H,2-7,14H2,1H3,(H,20,21)/t8?,10-/m0/s1. The van der Waals surface area contributed by atoms with Crippen LogP contribution < -0.4 is 15.2 Å². The number of aliphatic hydroxyl groups excluding tert-OH is 1. The average molecular weight is 345 g/mol. The van der Waals surface area contributed by atoms with E-state index < -0.39 is 23.7 Å². The first kappa shape index (κ1) is 18.1. The number of rotatable bonds is 8. The Morgan fingerprint density at radius 3 is 2.78 bits per heavy atom. The van der Waals surface area contributed by atoms with Gasteiger partial charge in [-0.15, -0.1) is 0 Å². The second-order valence-corrected chi connectivity index (χ2v) is 6.55. The molecule has 1 aromatic heterocycles. The summed E-state index contributed by atoms with van der Waals surface area (Å²) in [6.07, 6.45) is 4.00. The minimum atomic E-state index is -1.13. The Balaban J connectivity index is 1.80. The summed E-state index contributed by atoms with van der Waals surface area (Å²) in [7, 11) is 0. The van der Waals surface area contributed by atoms with Crippen LogP contribution in [0, 0.1) is 0 Å². The van der Waals surface area contributed by atoms with E-state index in [2.05, 4.69) is 19.6 Å². The van der Waals surface area contributed by atoms with Gasteiger partial charge in [-0.3, -0.25) is 4.79 Å². The van der Waals surface area contributed by atoms with Crippen LogP contribution in [-0.4, -0.2) is 38.5 Å². The van der Waals surface area contributed by atoms with Crippen LogP contribution in [0.1, 0.15) is 50.7 Å². The van der Waals surface area contributed by atoms with Gasteiger partial charge in [-0.2, -0.15) is 4.98 Å². The molecular weight excluding hydrogens is 322 g/mol. The molecule has 2 rings (SSSR count). The zero-order valence-corrected chi connectivity index (χ0v) is 13.8. The molecule has 0 amide bonds. The Morgan fingerprint density at radius 1 is 1.48 bits per heavy atom. The van der Waals surface area contributed by atoms with Crippen molar-refractivity contribution in [1.29, 1.82) is 0 Å². The summed E-state index contributed by atoms with van der Waals surface area (Å²) in [5.41, 5.74) is 5.83. The Morgan fingerprint density at radius 2 is 2.17 bits per heavy atom. The lowest BCUT2D eigenvalue weighted by molar-refractivity contribution is -0.141. The van der Waals surface area contributed by atoms with Gasteiger partial charge in [-0.25, -0.2) is 9.44 Å². The molecule has 2 atom stereocenters. The fourth-order valence-corrected chi connectivity index (χ4v) is 3.20. The van der Waals surface area contributed by atoms with Crippen LogP contribution in [0.2, 0.25) is 0 Å². The van der Waals surface area contributed by atoms with E-state index in [1.165, 1.54) is 13.3 Å². The van der Waals surface area contributed by atoms with Crippen molar-refractivity contribution in [2.75, 3.05) is 0 Å². The number of nitrogens with zero attached hydrogens (tertiary/aromatic N) is 2. The molecule has 1 fully saturated rings. The number of aliphatic carboxylic acids is 1. The van der Waals surface area contributed by atoms with Crippen LogP contribution in [0.15, 0.2) is 4.52 Å². The molecule has 9 nitrogen and oxygen atoms in total. The van der Waals surface area contributed by atoms with Crippen molar-refractivity contribution in [3.8, 4) is 0 Å². The number of hydrogen-bond acceptors (Lipinski definition) is 9. The third-order valence-corrected chi connectivity index (χ3v) is 4.55. The highest BCUT2D eigenvalue weighted by Crippen LogP contribution is 2.32. The van der Waals surface area contributed by atoms with Gasteiger partial charge in [-0.05, 0) is 19.8 Å². The first-order valence-corrected chi connectivity index (χ1v) is 8.41. The highest BCUT2D eigenvalue weighted by atomic mass is 32.2. The molecule has 1 saturated carbocycles. The topological polar surface area (TPSA) is 147 Å². The number of hydrogen-bond donors (Lipinski definition) is 5. The van der Waals surface area contributed by atoms with E-state index in [0.717, 1.165) is 37.8 Å². The highest BCUT2D eigenvalue weighted by molar-refractivity contribution is 7.95. The molecule has 0 aromatic carbocycles. The van der Waals surface area contributed by atoms with E-state index in [0.29, 0.717) is 11.7 Å². The SMILES string of the molecule is CC(O)[C@H](NSNCc1nc(C2(N)CCCCC2)no1)C(=O)O. The molecule has 1 aliphatic rings. The molecule has 1 heterocycles. The second-order valence-electron chi connectivity index (χ2n) is 5.83. The fraction of sp³-hybridized carbons (Fsp3) is 0.769. The number of aliphatic hydroxyl groups is 1. The molecule has 10 heteroatoms. The molecule has 0 spiro atoms. The summed E-state index contributed by atoms with van der Waals surface area (Å²) in [5.74, 6) is -0.218. The summed E-state index contributed by atoms with van der Waals surface area (Å²) >= 11 is 0.957. The van der Waals surface area contributed by atoms with Crippen molar-refractivity contribution in [3.05, 3.63) is 11.7 Å². The lowest BCUT2D eigenvalue weighted by atomic mass is 9.82. The molecule has 1 unspecified atom stereocenters. The van der Waals surface area contributed by atoms with E-state index in [4.69, 9.17) is 15.4 Å². The molecule has 0 aliphatic heterocycles. The molecule has 23 heavy (non-hydrogen) atoms. The smallest absolute Gasteiger partial charge is 0.324 e. The highest BCUT2D eigenvalue weighted by Gasteiger charge is 2.34. The zero-order chi connectivity index (χ0) is 16.9. The van der Waals surface area contributed by atoms with Gasteiger partial charge in [0, 0.05) is 12.1 Å². The first-order chi connectivity index (χ1) is 10.9. The first-order valence-electron chi connectivity index (χ1n) is 7.59. The Hall–Kier alpha value is -1.20. The van der Waals surface area contributed by atoms with Gasteiger partial charge in [0.25, 0.3) is 0 Å². The van der Waals surface area contributed by atoms with E-state index in [9.17, 15) is 9.90 Å². The van der Waals surface area contributed by atoms with Crippen molar-refractivity contribution in [2.24, 2.45) is 5.73 Å². The van der Waals surface area contributed by atoms with E-state index in [1.807, 2.05) is 0 Å². The van der Waals surface area contributed by atoms with E-state index >= 15 is 0 Å². The van der Waals surface area contributed by atoms with Crippen molar-refractivity contribution in [3.63, 3.8) is 0 Å². The predicted molar refractivity (Wildman–Crippen MR) is 83.9 cm³/mol. The molecule has 1 aliphatic carbocycles. The second kappa shape index (κ2) is 8.06. The molecule has 1 aromatic rings. The van der Waals surface area contributed by atoms with Crippen LogP contribution in [0.4, 0.5) is 0 Å². The van der Waals surface area contributed by atoms with Crippen molar-refractivity contribution in [2.45, 2.75) is 63.3 Å². The molecule has 6 N–H and O–H groups in total. The number of carboxylic acids is 1. The van der Waals surface area contributed by atoms with Crippen LogP contribution in [-0.2, 0) is 16.9 Å². The maximum atomic E-state index is 10.9. The van der Waals surface area contributed by atoms with Crippen molar-refractivity contribution in [1.82, 2.24) is 19.6 Å². The van der Waals surface area contributed by atoms with Gasteiger partial charge in [0.1, 0.15) is 6.04 Å². The van der Waals surface area contributed by atoms with Crippen LogP contribution in [0.25, 0.3) is 0 Å². The molecular formula is C13H23N5O4S. The van der Waals surface area contributed by atoms with Crippen LogP contribution >= 0.6 is 12.1 Å². The van der Waals surface area contributed by atoms with Crippen LogP contribution in [0.5, 0.6) is 0 Å². The van der Waals surface area contributed by atoms with Crippen molar-refractivity contribution >= 4 is 18.1 Å². The van der Waals surface area contributed by atoms with Gasteiger partial charge in [0.05, 0.1) is 18.2 Å². The number of nitrogens with two attached hydrogens (primary N) is 1. The number of carbonyl (C=O) groups is 1. The lowest BCUT2D eigenvalue weighted by Gasteiger charge is -2.29. The number of aromatic nitrogens is 2. The minimum absolute atomic E-state index is 0.257. The van der Waals surface area contributed by atoms with E-state index in [1.54, 1.807) is 0 Å². The number of carboxylic acid groups (broad SMARTS) is 1. The molecule has 0 saturated heterocycles. The quantitative estimate of drug-likeness (QED) is 0.328. The number of nitrogens with one attached hydrogen (secondary N) is 2. The van der Waals surface area contributed by atoms with Gasteiger partial charge in [0.15, 0.2) is 5.82 Å². The average Bonchev–Trinajstić information content (AvgIpc) is 2.96. The summed E-state index contributed by atoms with van der Waals surface area (Å²) < 4.78 is 10.6. The maximum absolute atomic E-state index is 10.9. The van der Waals surface area contributed by atoms with Crippen molar-refractivity contribution < 1.29 is 19.5 Å². The normalized spacial score (nSPS) is 20.1. The minimum Gasteiger partial charge on any atom is -0.480 e. The van der Waals surface area contributed by atoms with Crippen LogP contribution in [0.3, 0.4) is 0 Å². The third kappa shape index (κ3) is 4.88. The fourth-order valence-electron chi connectivity index (χ4n) is 2.49. The summed E-state index contributed by atoms with van der Waals surface area (Å²) in [6, 6.07) is -1.07. The summed E-state index contributed by atoms with van der Waals surface area (Å²) in [5, 5.41) is 22.2. The monoisotopic (exact) mass is 345 g/mol. The molecule has 130 valence electrons. The summed E-state index contributed by atoms with van der Waals surface area (Å²) in [4.78, 5) is 15.2. The van der Waals surface area contributed by atoms with Gasteiger partial charge in [-0.1, -0.05) is 24.4 Å². The van der Waals surface area contributed by atoms with Gasteiger partial charge in [0.2, 0.25) is 5.89 Å².